The van der Waals surface area contributed by atoms with Gasteiger partial charge in [0.2, 0.25) is 0 Å². The van der Waals surface area contributed by atoms with Gasteiger partial charge in [-0.25, -0.2) is 4.79 Å². The van der Waals surface area contributed by atoms with Gasteiger partial charge in [-0.3, -0.25) is 4.90 Å². The predicted molar refractivity (Wildman–Crippen MR) is 136 cm³/mol. The lowest BCUT2D eigenvalue weighted by Gasteiger charge is -2.31. The molecule has 3 aromatic carbocycles. The molecule has 0 atom stereocenters. The van der Waals surface area contributed by atoms with E-state index in [9.17, 15) is 4.79 Å². The number of thioether (sulfide) groups is 2. The van der Waals surface area contributed by atoms with Crippen LogP contribution in [-0.4, -0.2) is 30.0 Å². The number of anilines is 2. The summed E-state index contributed by atoms with van der Waals surface area (Å²) in [6, 6.07) is 26.7. The molecule has 0 aliphatic rings. The first-order valence-corrected chi connectivity index (χ1v) is 13.0. The molecule has 0 aliphatic carbocycles. The minimum Gasteiger partial charge on any atom is -0.320 e. The van der Waals surface area contributed by atoms with Crippen molar-refractivity contribution >= 4 is 40.9 Å². The van der Waals surface area contributed by atoms with Crippen molar-refractivity contribution in [3.05, 3.63) is 84.4 Å². The Balaban J connectivity index is 1.98. The Labute approximate surface area is 194 Å². The van der Waals surface area contributed by atoms with E-state index in [0.29, 0.717) is 6.54 Å². The lowest BCUT2D eigenvalue weighted by Crippen LogP contribution is -2.41. The molecule has 0 spiro atoms. The average molecular weight is 451 g/mol. The number of benzene rings is 3. The maximum Gasteiger partial charge on any atom is 0.329 e. The Morgan fingerprint density at radius 2 is 1.29 bits per heavy atom. The second-order valence-electron chi connectivity index (χ2n) is 7.27. The summed E-state index contributed by atoms with van der Waals surface area (Å²) in [5.41, 5.74) is 2.91. The molecule has 0 aromatic heterocycles. The van der Waals surface area contributed by atoms with E-state index >= 15 is 0 Å². The molecule has 5 heteroatoms. The number of nitrogens with zero attached hydrogens (tertiary/aromatic N) is 2. The Kier molecular flexibility index (Phi) is 8.92. The molecule has 31 heavy (non-hydrogen) atoms. The van der Waals surface area contributed by atoms with Crippen LogP contribution in [-0.2, 0) is 6.54 Å². The van der Waals surface area contributed by atoms with Gasteiger partial charge in [0, 0.05) is 22.9 Å². The van der Waals surface area contributed by atoms with Gasteiger partial charge in [0.05, 0.1) is 11.4 Å². The molecule has 0 saturated heterocycles. The van der Waals surface area contributed by atoms with Gasteiger partial charge in [-0.15, -0.1) is 23.5 Å². The summed E-state index contributed by atoms with van der Waals surface area (Å²) in [4.78, 5) is 20.1. The third-order valence-electron chi connectivity index (χ3n) is 5.12. The summed E-state index contributed by atoms with van der Waals surface area (Å²) >= 11 is 3.40. The molecule has 0 N–H and O–H groups in total. The molecule has 2 amide bonds. The quantitative estimate of drug-likeness (QED) is 0.312. The molecule has 3 rings (SSSR count). The van der Waals surface area contributed by atoms with Gasteiger partial charge in [-0.2, -0.15) is 0 Å². The highest BCUT2D eigenvalue weighted by Crippen LogP contribution is 2.31. The van der Waals surface area contributed by atoms with E-state index < -0.39 is 0 Å². The second kappa shape index (κ2) is 11.9. The summed E-state index contributed by atoms with van der Waals surface area (Å²) in [5.74, 6) is 0. The number of rotatable bonds is 9. The van der Waals surface area contributed by atoms with Crippen molar-refractivity contribution in [2.45, 2.75) is 36.1 Å². The molecule has 0 bridgehead atoms. The normalized spacial score (nSPS) is 10.7. The molecule has 0 unspecified atom stereocenters. The molecule has 0 heterocycles. The highest BCUT2D eigenvalue weighted by Gasteiger charge is 2.24. The largest absolute Gasteiger partial charge is 0.329 e. The summed E-state index contributed by atoms with van der Waals surface area (Å²) in [7, 11) is 0. The van der Waals surface area contributed by atoms with Crippen molar-refractivity contribution in [1.29, 1.82) is 0 Å². The molecule has 0 fully saturated rings. The second-order valence-corrected chi connectivity index (χ2v) is 9.03. The third kappa shape index (κ3) is 6.31. The van der Waals surface area contributed by atoms with E-state index in [0.717, 1.165) is 36.3 Å². The zero-order valence-corrected chi connectivity index (χ0v) is 20.1. The summed E-state index contributed by atoms with van der Waals surface area (Å²) in [5, 5.41) is 0. The van der Waals surface area contributed by atoms with Crippen LogP contribution in [0.25, 0.3) is 0 Å². The van der Waals surface area contributed by atoms with Crippen LogP contribution in [0.15, 0.2) is 88.7 Å². The van der Waals surface area contributed by atoms with Crippen LogP contribution in [0, 0.1) is 0 Å². The van der Waals surface area contributed by atoms with E-state index in [1.165, 1.54) is 9.79 Å². The van der Waals surface area contributed by atoms with E-state index in [1.807, 2.05) is 52.3 Å². The van der Waals surface area contributed by atoms with Crippen molar-refractivity contribution in [3.63, 3.8) is 0 Å². The number of carbonyl (C=O) groups is 1. The zero-order chi connectivity index (χ0) is 22.1. The lowest BCUT2D eigenvalue weighted by atomic mass is 10.2. The Hall–Kier alpha value is -2.37. The first-order valence-electron chi connectivity index (χ1n) is 10.6. The number of urea groups is 1. The van der Waals surface area contributed by atoms with Crippen molar-refractivity contribution in [2.75, 3.05) is 24.0 Å². The molecule has 0 aliphatic heterocycles. The van der Waals surface area contributed by atoms with Crippen LogP contribution in [0.4, 0.5) is 16.2 Å². The van der Waals surface area contributed by atoms with Gasteiger partial charge >= 0.3 is 6.03 Å². The fourth-order valence-corrected chi connectivity index (χ4v) is 4.19. The van der Waals surface area contributed by atoms with E-state index in [4.69, 9.17) is 0 Å². The number of carbonyl (C=O) groups excluding carboxylic acids is 1. The Bertz CT molecular complexity index is 896. The van der Waals surface area contributed by atoms with Crippen LogP contribution in [0.2, 0.25) is 0 Å². The molecular weight excluding hydrogens is 420 g/mol. The van der Waals surface area contributed by atoms with Crippen LogP contribution < -0.4 is 4.90 Å². The van der Waals surface area contributed by atoms with E-state index in [2.05, 4.69) is 55.8 Å². The molecule has 162 valence electrons. The Morgan fingerprint density at radius 3 is 1.74 bits per heavy atom. The SMILES string of the molecule is CCCCN(Cc1ccccc1)C(=O)N(c1ccc(SC)cc1)c1ccc(SC)cc1. The molecular formula is C26H30N2OS2. The zero-order valence-electron chi connectivity index (χ0n) is 18.5. The number of unbranched alkanes of at least 4 members (excludes halogenated alkanes) is 1. The molecule has 0 radical (unpaired) electrons. The first kappa shape index (κ1) is 23.3. The minimum absolute atomic E-state index is 0.00565. The topological polar surface area (TPSA) is 23.6 Å². The van der Waals surface area contributed by atoms with Gasteiger partial charge < -0.3 is 4.90 Å². The minimum atomic E-state index is 0.00565. The highest BCUT2D eigenvalue weighted by atomic mass is 32.2. The Morgan fingerprint density at radius 1 is 0.774 bits per heavy atom. The fourth-order valence-electron chi connectivity index (χ4n) is 3.37. The van der Waals surface area contributed by atoms with E-state index in [1.54, 1.807) is 23.5 Å². The van der Waals surface area contributed by atoms with E-state index in [-0.39, 0.29) is 6.03 Å². The van der Waals surface area contributed by atoms with Crippen molar-refractivity contribution in [2.24, 2.45) is 0 Å². The van der Waals surface area contributed by atoms with Gasteiger partial charge in [-0.05, 0) is 73.0 Å². The molecule has 3 aromatic rings. The maximum atomic E-state index is 13.9. The summed E-state index contributed by atoms with van der Waals surface area (Å²) in [6.45, 7) is 3.49. The smallest absolute Gasteiger partial charge is 0.320 e. The van der Waals surface area contributed by atoms with Gasteiger partial charge in [0.25, 0.3) is 0 Å². The third-order valence-corrected chi connectivity index (χ3v) is 6.61. The molecule has 3 nitrogen and oxygen atoms in total. The van der Waals surface area contributed by atoms with Crippen LogP contribution in [0.1, 0.15) is 25.3 Å². The molecule has 0 saturated carbocycles. The first-order chi connectivity index (χ1) is 15.2. The highest BCUT2D eigenvalue weighted by molar-refractivity contribution is 7.98. The fraction of sp³-hybridized carbons (Fsp3) is 0.269. The monoisotopic (exact) mass is 450 g/mol. The number of hydrogen-bond donors (Lipinski definition) is 0. The van der Waals surface area contributed by atoms with Crippen molar-refractivity contribution < 1.29 is 4.79 Å². The summed E-state index contributed by atoms with van der Waals surface area (Å²) in [6.07, 6.45) is 6.14. The van der Waals surface area contributed by atoms with Crippen LogP contribution >= 0.6 is 23.5 Å². The van der Waals surface area contributed by atoms with Gasteiger partial charge in [0.15, 0.2) is 0 Å². The number of hydrogen-bond acceptors (Lipinski definition) is 3. The van der Waals surface area contributed by atoms with Gasteiger partial charge in [0.1, 0.15) is 0 Å². The van der Waals surface area contributed by atoms with Crippen LogP contribution in [0.3, 0.4) is 0 Å². The average Bonchev–Trinajstić information content (AvgIpc) is 2.83. The van der Waals surface area contributed by atoms with Crippen molar-refractivity contribution in [1.82, 2.24) is 4.90 Å². The van der Waals surface area contributed by atoms with Crippen molar-refractivity contribution in [3.8, 4) is 0 Å². The van der Waals surface area contributed by atoms with Gasteiger partial charge in [-0.1, -0.05) is 43.7 Å². The predicted octanol–water partition coefficient (Wildman–Crippen LogP) is 7.69. The van der Waals surface area contributed by atoms with Crippen LogP contribution in [0.5, 0.6) is 0 Å². The lowest BCUT2D eigenvalue weighted by molar-refractivity contribution is 0.203. The maximum absolute atomic E-state index is 13.9. The standard InChI is InChI=1S/C26H30N2OS2/c1-4-5-19-27(20-21-9-7-6-8-10-21)26(29)28(22-11-15-24(30-2)16-12-22)23-13-17-25(31-3)18-14-23/h6-18H,4-5,19-20H2,1-3H3. The number of amides is 2. The summed E-state index contributed by atoms with van der Waals surface area (Å²) < 4.78 is 0.